The van der Waals surface area contributed by atoms with E-state index in [0.29, 0.717) is 33.4 Å². The van der Waals surface area contributed by atoms with Crippen LogP contribution in [0.25, 0.3) is 22.1 Å². The van der Waals surface area contributed by atoms with Crippen LogP contribution in [0.2, 0.25) is 0 Å². The minimum atomic E-state index is -0.467. The molecule has 0 radical (unpaired) electrons. The number of carbonyl (C=O) groups excluding carboxylic acids is 2. The van der Waals surface area contributed by atoms with Crippen LogP contribution in [0.1, 0.15) is 26.3 Å². The highest BCUT2D eigenvalue weighted by atomic mass is 16.5. The third-order valence-electron chi connectivity index (χ3n) is 4.71. The molecule has 6 nitrogen and oxygen atoms in total. The molecule has 0 atom stereocenters. The number of hydrogen-bond donors (Lipinski definition) is 0. The summed E-state index contributed by atoms with van der Waals surface area (Å²) in [5, 5.41) is 0.669. The first-order chi connectivity index (χ1) is 13.4. The van der Waals surface area contributed by atoms with Gasteiger partial charge in [-0.3, -0.25) is 9.59 Å². The highest BCUT2D eigenvalue weighted by Crippen LogP contribution is 2.39. The minimum Gasteiger partial charge on any atom is -0.496 e. The van der Waals surface area contributed by atoms with E-state index in [1.807, 2.05) is 13.0 Å². The lowest BCUT2D eigenvalue weighted by Gasteiger charge is -2.20. The molecule has 0 unspecified atom stereocenters. The second-order valence-electron chi connectivity index (χ2n) is 6.49. The molecule has 1 heterocycles. The molecule has 2 aromatic carbocycles. The Morgan fingerprint density at radius 2 is 1.61 bits per heavy atom. The number of carbonyl (C=O) groups is 2. The molecular formula is C22H16O6. The average molecular weight is 376 g/mol. The maximum absolute atomic E-state index is 13.0. The Labute approximate surface area is 160 Å². The average Bonchev–Trinajstić information content (AvgIpc) is 2.68. The first-order valence-corrected chi connectivity index (χ1v) is 8.54. The van der Waals surface area contributed by atoms with Gasteiger partial charge in [-0.2, -0.15) is 0 Å². The zero-order valence-electron chi connectivity index (χ0n) is 15.5. The third kappa shape index (κ3) is 2.70. The number of ketones is 2. The normalized spacial score (nSPS) is 13.3. The Kier molecular flexibility index (Phi) is 4.11. The number of hydrogen-bond acceptors (Lipinski definition) is 6. The van der Waals surface area contributed by atoms with Crippen LogP contribution in [0, 0.1) is 6.92 Å². The van der Waals surface area contributed by atoms with Gasteiger partial charge in [0.1, 0.15) is 11.3 Å². The zero-order valence-corrected chi connectivity index (χ0v) is 15.5. The van der Waals surface area contributed by atoms with Gasteiger partial charge in [-0.1, -0.05) is 6.07 Å². The summed E-state index contributed by atoms with van der Waals surface area (Å²) in [5.74, 6) is -0.243. The van der Waals surface area contributed by atoms with E-state index >= 15 is 0 Å². The van der Waals surface area contributed by atoms with Gasteiger partial charge in [-0.15, -0.1) is 0 Å². The summed E-state index contributed by atoms with van der Waals surface area (Å²) in [6.07, 6.45) is 1.21. The van der Waals surface area contributed by atoms with Crippen molar-refractivity contribution in [2.45, 2.75) is 6.92 Å². The van der Waals surface area contributed by atoms with E-state index in [1.54, 1.807) is 24.3 Å². The summed E-state index contributed by atoms with van der Waals surface area (Å²) in [6, 6.07) is 9.85. The lowest BCUT2D eigenvalue weighted by atomic mass is 9.85. The van der Waals surface area contributed by atoms with Crippen LogP contribution >= 0.6 is 0 Å². The van der Waals surface area contributed by atoms with Crippen LogP contribution in [0.3, 0.4) is 0 Å². The summed E-state index contributed by atoms with van der Waals surface area (Å²) in [4.78, 5) is 37.0. The Balaban J connectivity index is 2.06. The molecule has 6 heteroatoms. The number of allylic oxidation sites excluding steroid dienone is 2. The molecule has 0 N–H and O–H groups in total. The lowest BCUT2D eigenvalue weighted by Crippen LogP contribution is -2.19. The molecule has 28 heavy (non-hydrogen) atoms. The van der Waals surface area contributed by atoms with Gasteiger partial charge >= 0.3 is 5.63 Å². The van der Waals surface area contributed by atoms with Crippen molar-refractivity contribution < 1.29 is 23.5 Å². The number of aryl methyl sites for hydroxylation is 1. The highest BCUT2D eigenvalue weighted by Gasteiger charge is 2.30. The van der Waals surface area contributed by atoms with Gasteiger partial charge < -0.3 is 13.9 Å². The molecular weight excluding hydrogens is 360 g/mol. The third-order valence-corrected chi connectivity index (χ3v) is 4.71. The van der Waals surface area contributed by atoms with Gasteiger partial charge in [0.15, 0.2) is 11.5 Å². The molecule has 0 amide bonds. The van der Waals surface area contributed by atoms with E-state index in [9.17, 15) is 14.4 Å². The molecule has 140 valence electrons. The zero-order chi connectivity index (χ0) is 20.0. The van der Waals surface area contributed by atoms with Crippen LogP contribution in [0.15, 0.2) is 57.4 Å². The number of benzene rings is 2. The molecule has 1 aromatic heterocycles. The molecule has 0 spiro atoms. The van der Waals surface area contributed by atoms with Crippen LogP contribution in [0.4, 0.5) is 0 Å². The SMILES string of the molecule is COC1=CC(=O)c2cc(C)cc(-c3cc4ccc(=O)oc4cc3OC)c2C1=O. The fourth-order valence-corrected chi connectivity index (χ4v) is 3.45. The summed E-state index contributed by atoms with van der Waals surface area (Å²) in [7, 11) is 2.84. The molecule has 0 saturated carbocycles. The number of ether oxygens (including phenoxy) is 2. The number of fused-ring (bicyclic) bond motifs is 2. The molecule has 3 aromatic rings. The summed E-state index contributed by atoms with van der Waals surface area (Å²) in [5.41, 5.74) is 2.49. The van der Waals surface area contributed by atoms with Gasteiger partial charge in [-0.25, -0.2) is 4.79 Å². The quantitative estimate of drug-likeness (QED) is 0.649. The fourth-order valence-electron chi connectivity index (χ4n) is 3.45. The van der Waals surface area contributed by atoms with Gasteiger partial charge in [0, 0.05) is 40.3 Å². The van der Waals surface area contributed by atoms with Crippen LogP contribution < -0.4 is 10.4 Å². The summed E-state index contributed by atoms with van der Waals surface area (Å²) < 4.78 is 15.8. The Bertz CT molecular complexity index is 1250. The standard InChI is InChI=1S/C22H16O6/c1-11-6-14(21-15(7-11)16(23)9-19(27-3)22(21)25)13-8-12-4-5-20(24)28-17(12)10-18(13)26-2/h4-10H,1-3H3. The second-order valence-corrected chi connectivity index (χ2v) is 6.49. The minimum absolute atomic E-state index is 0.00615. The number of Topliss-reactive ketones (excluding diaryl/α,β-unsaturated/α-hetero) is 1. The molecule has 0 saturated heterocycles. The first-order valence-electron chi connectivity index (χ1n) is 8.54. The largest absolute Gasteiger partial charge is 0.496 e. The van der Waals surface area contributed by atoms with Crippen molar-refractivity contribution in [3.8, 4) is 16.9 Å². The molecule has 1 aliphatic carbocycles. The van der Waals surface area contributed by atoms with Crippen molar-refractivity contribution in [3.63, 3.8) is 0 Å². The molecule has 0 bridgehead atoms. The van der Waals surface area contributed by atoms with Crippen molar-refractivity contribution in [1.82, 2.24) is 0 Å². The van der Waals surface area contributed by atoms with Crippen molar-refractivity contribution >= 4 is 22.5 Å². The summed E-state index contributed by atoms with van der Waals surface area (Å²) >= 11 is 0. The lowest BCUT2D eigenvalue weighted by molar-refractivity contribution is 0.0917. The summed E-state index contributed by atoms with van der Waals surface area (Å²) in [6.45, 7) is 1.85. The number of methoxy groups -OCH3 is 2. The van der Waals surface area contributed by atoms with E-state index in [4.69, 9.17) is 13.9 Å². The molecule has 0 aliphatic heterocycles. The Morgan fingerprint density at radius 3 is 2.32 bits per heavy atom. The second kappa shape index (κ2) is 6.49. The van der Waals surface area contributed by atoms with Gasteiger partial charge in [0.2, 0.25) is 5.78 Å². The van der Waals surface area contributed by atoms with E-state index < -0.39 is 5.63 Å². The van der Waals surface area contributed by atoms with Crippen LogP contribution in [-0.4, -0.2) is 25.8 Å². The van der Waals surface area contributed by atoms with Gasteiger partial charge in [-0.05, 0) is 36.2 Å². The Morgan fingerprint density at radius 1 is 0.857 bits per heavy atom. The molecule has 0 fully saturated rings. The van der Waals surface area contributed by atoms with Gasteiger partial charge in [0.25, 0.3) is 0 Å². The monoisotopic (exact) mass is 376 g/mol. The highest BCUT2D eigenvalue weighted by molar-refractivity contribution is 6.26. The fraction of sp³-hybridized carbons (Fsp3) is 0.136. The van der Waals surface area contributed by atoms with E-state index in [1.165, 1.54) is 26.4 Å². The molecule has 1 aliphatic rings. The van der Waals surface area contributed by atoms with Crippen molar-refractivity contribution in [3.05, 3.63) is 75.3 Å². The van der Waals surface area contributed by atoms with Crippen molar-refractivity contribution in [1.29, 1.82) is 0 Å². The maximum atomic E-state index is 13.0. The Hall–Kier alpha value is -3.67. The smallest absolute Gasteiger partial charge is 0.336 e. The van der Waals surface area contributed by atoms with Crippen molar-refractivity contribution in [2.75, 3.05) is 14.2 Å². The van der Waals surface area contributed by atoms with E-state index in [2.05, 4.69) is 0 Å². The predicted octanol–water partition coefficient (Wildman–Crippen LogP) is 3.69. The van der Waals surface area contributed by atoms with Crippen molar-refractivity contribution in [2.24, 2.45) is 0 Å². The van der Waals surface area contributed by atoms with Crippen LogP contribution in [0.5, 0.6) is 5.75 Å². The van der Waals surface area contributed by atoms with Gasteiger partial charge in [0.05, 0.1) is 14.2 Å². The first kappa shape index (κ1) is 17.7. The topological polar surface area (TPSA) is 82.8 Å². The predicted molar refractivity (Wildman–Crippen MR) is 103 cm³/mol. The molecule has 4 rings (SSSR count). The maximum Gasteiger partial charge on any atom is 0.336 e. The van der Waals surface area contributed by atoms with Crippen LogP contribution in [-0.2, 0) is 4.74 Å². The number of rotatable bonds is 3. The van der Waals surface area contributed by atoms with E-state index in [-0.39, 0.29) is 22.9 Å². The van der Waals surface area contributed by atoms with E-state index in [0.717, 1.165) is 5.56 Å².